The van der Waals surface area contributed by atoms with Crippen molar-refractivity contribution >= 4 is 22.7 Å². The number of hydrogen-bond donors (Lipinski definition) is 0. The number of aromatic nitrogens is 3. The summed E-state index contributed by atoms with van der Waals surface area (Å²) in [6.07, 6.45) is 3.33. The average molecular weight is 370 g/mol. The van der Waals surface area contributed by atoms with E-state index in [2.05, 4.69) is 11.1 Å². The summed E-state index contributed by atoms with van der Waals surface area (Å²) in [5.74, 6) is 0.636. The van der Waals surface area contributed by atoms with E-state index in [-0.39, 0.29) is 5.56 Å². The highest BCUT2D eigenvalue weighted by atomic mass is 32.2. The molecule has 0 aliphatic rings. The Kier molecular flexibility index (Phi) is 4.69. The van der Waals surface area contributed by atoms with Crippen LogP contribution in [0, 0.1) is 11.3 Å². The highest BCUT2D eigenvalue weighted by molar-refractivity contribution is 7.98. The van der Waals surface area contributed by atoms with Crippen molar-refractivity contribution in [1.82, 2.24) is 14.5 Å². The maximum atomic E-state index is 13.1. The summed E-state index contributed by atoms with van der Waals surface area (Å²) in [6, 6.07) is 20.5. The molecule has 0 unspecified atom stereocenters. The molecule has 0 saturated carbocycles. The van der Waals surface area contributed by atoms with E-state index in [4.69, 9.17) is 10.2 Å². The number of benzene rings is 2. The molecule has 0 radical (unpaired) electrons. The van der Waals surface area contributed by atoms with Crippen molar-refractivity contribution < 1.29 is 0 Å². The van der Waals surface area contributed by atoms with Gasteiger partial charge >= 0.3 is 0 Å². The SMILES string of the molecule is N#Cc1ccc(CSc2nc3ccccc3c(=O)n2-c2cccnc2)cc1. The lowest BCUT2D eigenvalue weighted by Crippen LogP contribution is -2.21. The maximum absolute atomic E-state index is 13.1. The Morgan fingerprint density at radius 1 is 1.04 bits per heavy atom. The summed E-state index contributed by atoms with van der Waals surface area (Å²) in [6.45, 7) is 0. The van der Waals surface area contributed by atoms with Crippen LogP contribution in [0.3, 0.4) is 0 Å². The van der Waals surface area contributed by atoms with Gasteiger partial charge in [-0.15, -0.1) is 0 Å². The Hall–Kier alpha value is -3.43. The van der Waals surface area contributed by atoms with Crippen molar-refractivity contribution in [3.05, 3.63) is 94.5 Å². The zero-order chi connectivity index (χ0) is 18.6. The second-order valence-electron chi connectivity index (χ2n) is 5.86. The van der Waals surface area contributed by atoms with Crippen LogP contribution in [0.4, 0.5) is 0 Å². The van der Waals surface area contributed by atoms with Crippen LogP contribution in [0.2, 0.25) is 0 Å². The number of nitrogens with zero attached hydrogens (tertiary/aromatic N) is 4. The summed E-state index contributed by atoms with van der Waals surface area (Å²) in [5.41, 5.74) is 2.92. The fourth-order valence-corrected chi connectivity index (χ4v) is 3.71. The van der Waals surface area contributed by atoms with Gasteiger partial charge in [0.05, 0.1) is 34.4 Å². The quantitative estimate of drug-likeness (QED) is 0.402. The Bertz CT molecular complexity index is 1200. The zero-order valence-corrected chi connectivity index (χ0v) is 15.1. The van der Waals surface area contributed by atoms with Gasteiger partial charge in [0.25, 0.3) is 5.56 Å². The van der Waals surface area contributed by atoms with Crippen LogP contribution in [-0.4, -0.2) is 14.5 Å². The van der Waals surface area contributed by atoms with Crippen molar-refractivity contribution in [3.63, 3.8) is 0 Å². The summed E-state index contributed by atoms with van der Waals surface area (Å²) in [7, 11) is 0. The second-order valence-corrected chi connectivity index (χ2v) is 6.80. The molecule has 0 atom stereocenters. The van der Waals surface area contributed by atoms with Crippen molar-refractivity contribution in [2.75, 3.05) is 0 Å². The third kappa shape index (κ3) is 3.46. The van der Waals surface area contributed by atoms with Gasteiger partial charge in [-0.1, -0.05) is 36.0 Å². The molecule has 0 bridgehead atoms. The molecule has 0 spiro atoms. The van der Waals surface area contributed by atoms with Crippen LogP contribution >= 0.6 is 11.8 Å². The predicted octanol–water partition coefficient (Wildman–Crippen LogP) is 3.94. The van der Waals surface area contributed by atoms with Crippen molar-refractivity contribution in [2.45, 2.75) is 10.9 Å². The van der Waals surface area contributed by atoms with E-state index >= 15 is 0 Å². The van der Waals surface area contributed by atoms with Gasteiger partial charge in [-0.3, -0.25) is 14.3 Å². The predicted molar refractivity (Wildman–Crippen MR) is 106 cm³/mol. The summed E-state index contributed by atoms with van der Waals surface area (Å²) < 4.78 is 1.60. The second kappa shape index (κ2) is 7.44. The Labute approximate surface area is 160 Å². The van der Waals surface area contributed by atoms with Crippen LogP contribution in [0.1, 0.15) is 11.1 Å². The largest absolute Gasteiger partial charge is 0.268 e. The molecule has 0 aliphatic carbocycles. The van der Waals surface area contributed by atoms with E-state index in [0.29, 0.717) is 33.1 Å². The maximum Gasteiger partial charge on any atom is 0.266 e. The number of thioether (sulfide) groups is 1. The number of rotatable bonds is 4. The van der Waals surface area contributed by atoms with Crippen LogP contribution in [0.15, 0.2) is 83.0 Å². The van der Waals surface area contributed by atoms with Crippen LogP contribution < -0.4 is 5.56 Å². The van der Waals surface area contributed by atoms with Crippen LogP contribution in [0.5, 0.6) is 0 Å². The van der Waals surface area contributed by atoms with E-state index < -0.39 is 0 Å². The highest BCUT2D eigenvalue weighted by Crippen LogP contribution is 2.24. The molecular weight excluding hydrogens is 356 g/mol. The van der Waals surface area contributed by atoms with E-state index in [0.717, 1.165) is 5.56 Å². The lowest BCUT2D eigenvalue weighted by molar-refractivity contribution is 0.815. The van der Waals surface area contributed by atoms with E-state index in [9.17, 15) is 4.79 Å². The number of nitriles is 1. The minimum absolute atomic E-state index is 0.115. The molecule has 0 saturated heterocycles. The number of pyridine rings is 1. The molecule has 0 N–H and O–H groups in total. The molecule has 0 fully saturated rings. The summed E-state index contributed by atoms with van der Waals surface area (Å²) in [5, 5.41) is 10.1. The molecular formula is C21H14N4OS. The van der Waals surface area contributed by atoms with Gasteiger partial charge < -0.3 is 0 Å². The molecule has 0 amide bonds. The Morgan fingerprint density at radius 2 is 1.85 bits per heavy atom. The van der Waals surface area contributed by atoms with Gasteiger partial charge in [-0.25, -0.2) is 4.98 Å². The molecule has 2 heterocycles. The molecule has 4 rings (SSSR count). The zero-order valence-electron chi connectivity index (χ0n) is 14.2. The summed E-state index contributed by atoms with van der Waals surface area (Å²) >= 11 is 1.48. The standard InChI is InChI=1S/C21H14N4OS/c22-12-15-7-9-16(10-8-15)14-27-21-24-19-6-2-1-5-18(19)20(26)25(21)17-4-3-11-23-13-17/h1-11,13H,14H2. The molecule has 6 heteroatoms. The molecule has 2 aromatic heterocycles. The third-order valence-corrected chi connectivity index (χ3v) is 5.11. The minimum Gasteiger partial charge on any atom is -0.268 e. The van der Waals surface area contributed by atoms with Crippen molar-refractivity contribution in [3.8, 4) is 11.8 Å². The van der Waals surface area contributed by atoms with Gasteiger partial charge in [0.1, 0.15) is 0 Å². The number of hydrogen-bond acceptors (Lipinski definition) is 5. The molecule has 130 valence electrons. The fourth-order valence-electron chi connectivity index (χ4n) is 2.75. The van der Waals surface area contributed by atoms with Gasteiger partial charge in [0, 0.05) is 11.9 Å². The van der Waals surface area contributed by atoms with E-state index in [1.807, 2.05) is 36.4 Å². The first-order valence-corrected chi connectivity index (χ1v) is 9.29. The highest BCUT2D eigenvalue weighted by Gasteiger charge is 2.13. The van der Waals surface area contributed by atoms with E-state index in [1.54, 1.807) is 41.2 Å². The van der Waals surface area contributed by atoms with Crippen molar-refractivity contribution in [2.24, 2.45) is 0 Å². The molecule has 4 aromatic rings. The fraction of sp³-hybridized carbons (Fsp3) is 0.0476. The topological polar surface area (TPSA) is 71.6 Å². The molecule has 27 heavy (non-hydrogen) atoms. The average Bonchev–Trinajstić information content (AvgIpc) is 2.73. The Balaban J connectivity index is 1.78. The van der Waals surface area contributed by atoms with Gasteiger partial charge in [-0.05, 0) is 42.0 Å². The summed E-state index contributed by atoms with van der Waals surface area (Å²) in [4.78, 5) is 21.9. The minimum atomic E-state index is -0.115. The first-order chi connectivity index (χ1) is 13.3. The van der Waals surface area contributed by atoms with Gasteiger partial charge in [-0.2, -0.15) is 5.26 Å². The lowest BCUT2D eigenvalue weighted by atomic mass is 10.2. The molecule has 5 nitrogen and oxygen atoms in total. The smallest absolute Gasteiger partial charge is 0.266 e. The molecule has 0 aliphatic heterocycles. The normalized spacial score (nSPS) is 10.6. The third-order valence-electron chi connectivity index (χ3n) is 4.10. The first kappa shape index (κ1) is 17.0. The number of para-hydroxylation sites is 1. The lowest BCUT2D eigenvalue weighted by Gasteiger charge is -2.13. The monoisotopic (exact) mass is 370 g/mol. The van der Waals surface area contributed by atoms with Gasteiger partial charge in [0.2, 0.25) is 0 Å². The van der Waals surface area contributed by atoms with Crippen molar-refractivity contribution in [1.29, 1.82) is 5.26 Å². The first-order valence-electron chi connectivity index (χ1n) is 8.30. The van der Waals surface area contributed by atoms with E-state index in [1.165, 1.54) is 11.8 Å². The Morgan fingerprint density at radius 3 is 2.59 bits per heavy atom. The van der Waals surface area contributed by atoms with Crippen LogP contribution in [0.25, 0.3) is 16.6 Å². The number of fused-ring (bicyclic) bond motifs is 1. The molecule has 2 aromatic carbocycles. The van der Waals surface area contributed by atoms with Crippen LogP contribution in [-0.2, 0) is 5.75 Å². The van der Waals surface area contributed by atoms with Gasteiger partial charge in [0.15, 0.2) is 5.16 Å².